The van der Waals surface area contributed by atoms with E-state index in [1.807, 2.05) is 0 Å². The molecule has 0 spiro atoms. The minimum absolute atomic E-state index is 0.0536. The number of nitrogens with one attached hydrogen (secondary N) is 1. The Hall–Kier alpha value is -3.63. The van der Waals surface area contributed by atoms with Gasteiger partial charge in [0.1, 0.15) is 6.04 Å². The van der Waals surface area contributed by atoms with Gasteiger partial charge in [-0.2, -0.15) is 18.3 Å². The molecule has 37 heavy (non-hydrogen) atoms. The molecule has 0 bridgehead atoms. The average molecular weight is 551 g/mol. The number of alkyl halides is 3. The van der Waals surface area contributed by atoms with Crippen molar-refractivity contribution in [1.82, 2.24) is 20.1 Å². The highest BCUT2D eigenvalue weighted by Crippen LogP contribution is 2.41. The van der Waals surface area contributed by atoms with Crippen LogP contribution in [-0.4, -0.2) is 37.8 Å². The fourth-order valence-corrected chi connectivity index (χ4v) is 4.68. The van der Waals surface area contributed by atoms with E-state index in [9.17, 15) is 27.9 Å². The van der Waals surface area contributed by atoms with Crippen LogP contribution < -0.4 is 5.32 Å². The molecule has 4 aromatic rings. The van der Waals surface area contributed by atoms with E-state index in [4.69, 9.17) is 23.2 Å². The quantitative estimate of drug-likeness (QED) is 0.321. The van der Waals surface area contributed by atoms with Crippen LogP contribution in [0.5, 0.6) is 0 Å². The zero-order valence-electron chi connectivity index (χ0n) is 19.4. The molecular weight excluding hydrogens is 532 g/mol. The van der Waals surface area contributed by atoms with Gasteiger partial charge in [0.25, 0.3) is 5.91 Å². The lowest BCUT2D eigenvalue weighted by Crippen LogP contribution is -2.42. The minimum atomic E-state index is -4.69. The number of carboxylic acid groups (broad SMARTS) is 1. The van der Waals surface area contributed by atoms with Crippen LogP contribution in [0.2, 0.25) is 10.0 Å². The van der Waals surface area contributed by atoms with Crippen molar-refractivity contribution >= 4 is 46.0 Å². The van der Waals surface area contributed by atoms with Crippen molar-refractivity contribution in [2.75, 3.05) is 0 Å². The summed E-state index contributed by atoms with van der Waals surface area (Å²) in [5.74, 6) is -2.11. The van der Waals surface area contributed by atoms with Gasteiger partial charge >= 0.3 is 12.1 Å². The van der Waals surface area contributed by atoms with E-state index in [0.717, 1.165) is 4.68 Å². The van der Waals surface area contributed by atoms with Crippen LogP contribution in [0.3, 0.4) is 0 Å². The Balaban J connectivity index is 1.76. The molecule has 0 saturated carbocycles. The number of carbonyl (C=O) groups is 2. The zero-order valence-corrected chi connectivity index (χ0v) is 20.9. The molecule has 0 saturated heterocycles. The number of hydrogen-bond acceptors (Lipinski definition) is 4. The Labute approximate surface area is 218 Å². The van der Waals surface area contributed by atoms with E-state index >= 15 is 0 Å². The Morgan fingerprint density at radius 2 is 1.78 bits per heavy atom. The summed E-state index contributed by atoms with van der Waals surface area (Å²) < 4.78 is 42.5. The largest absolute Gasteiger partial charge is 0.480 e. The first-order valence-corrected chi connectivity index (χ1v) is 11.6. The van der Waals surface area contributed by atoms with E-state index in [1.165, 1.54) is 44.4 Å². The molecule has 2 N–H and O–H groups in total. The van der Waals surface area contributed by atoms with Crippen molar-refractivity contribution in [1.29, 1.82) is 0 Å². The third-order valence-electron chi connectivity index (χ3n) is 5.94. The van der Waals surface area contributed by atoms with Gasteiger partial charge in [-0.3, -0.25) is 14.5 Å². The third-order valence-corrected chi connectivity index (χ3v) is 6.57. The van der Waals surface area contributed by atoms with Crippen molar-refractivity contribution in [2.45, 2.75) is 25.6 Å². The number of amides is 1. The van der Waals surface area contributed by atoms with Crippen LogP contribution in [0.4, 0.5) is 13.2 Å². The fraction of sp³-hybridized carbons (Fsp3) is 0.200. The van der Waals surface area contributed by atoms with Gasteiger partial charge in [-0.25, -0.2) is 4.79 Å². The van der Waals surface area contributed by atoms with Crippen molar-refractivity contribution in [2.24, 2.45) is 7.05 Å². The molecule has 0 unspecified atom stereocenters. The van der Waals surface area contributed by atoms with Gasteiger partial charge in [0.2, 0.25) is 0 Å². The Morgan fingerprint density at radius 1 is 1.11 bits per heavy atom. The topological polar surface area (TPSA) is 97.1 Å². The van der Waals surface area contributed by atoms with Crippen molar-refractivity contribution in [3.8, 4) is 11.1 Å². The standard InChI is InChI=1S/C25H19Cl2F3N4O3/c1-12-19(22(25(28,29)30)33-34(12)2)14-9-8-13(21-15(14)5-4-10-31-21)11-18(24(36)37)32-23(35)20-16(26)6-3-7-17(20)27/h3-10,18H,11H2,1-2H3,(H,32,35)(H,36,37)/t18-/m0/s1. The zero-order chi connectivity index (χ0) is 27.1. The second-order valence-corrected chi connectivity index (χ2v) is 9.08. The predicted molar refractivity (Wildman–Crippen MR) is 133 cm³/mol. The molecule has 0 aliphatic heterocycles. The SMILES string of the molecule is Cc1c(-c2ccc(C[C@H](NC(=O)c3c(Cl)cccc3Cl)C(=O)O)c3ncccc23)c(C(F)(F)F)nn1C. The minimum Gasteiger partial charge on any atom is -0.480 e. The number of aromatic nitrogens is 3. The number of nitrogens with zero attached hydrogens (tertiary/aromatic N) is 3. The second-order valence-electron chi connectivity index (χ2n) is 8.27. The highest BCUT2D eigenvalue weighted by molar-refractivity contribution is 6.39. The van der Waals surface area contributed by atoms with Crippen molar-refractivity contribution < 1.29 is 27.9 Å². The van der Waals surface area contributed by atoms with E-state index in [2.05, 4.69) is 15.4 Å². The second kappa shape index (κ2) is 10.0. The number of hydrogen-bond donors (Lipinski definition) is 2. The summed E-state index contributed by atoms with van der Waals surface area (Å²) in [5, 5.41) is 16.4. The number of aryl methyl sites for hydroxylation is 1. The molecule has 2 aromatic carbocycles. The third kappa shape index (κ3) is 5.12. The maximum Gasteiger partial charge on any atom is 0.435 e. The van der Waals surface area contributed by atoms with E-state index < -0.39 is 29.8 Å². The molecule has 0 fully saturated rings. The van der Waals surface area contributed by atoms with Gasteiger partial charge in [-0.1, -0.05) is 47.5 Å². The number of benzene rings is 2. The number of carbonyl (C=O) groups excluding carboxylic acids is 1. The molecule has 7 nitrogen and oxygen atoms in total. The number of pyridine rings is 1. The highest BCUT2D eigenvalue weighted by Gasteiger charge is 2.39. The van der Waals surface area contributed by atoms with Gasteiger partial charge in [0.15, 0.2) is 5.69 Å². The van der Waals surface area contributed by atoms with Crippen molar-refractivity contribution in [3.05, 3.63) is 81.2 Å². The molecule has 0 aliphatic carbocycles. The molecule has 2 heterocycles. The van der Waals surface area contributed by atoms with Crippen LogP contribution in [0.15, 0.2) is 48.7 Å². The van der Waals surface area contributed by atoms with Gasteiger partial charge in [-0.15, -0.1) is 0 Å². The predicted octanol–water partition coefficient (Wildman–Crippen LogP) is 5.70. The molecule has 1 amide bonds. The first-order valence-electron chi connectivity index (χ1n) is 10.9. The number of halogens is 5. The van der Waals surface area contributed by atoms with Crippen LogP contribution in [0.1, 0.15) is 27.3 Å². The lowest BCUT2D eigenvalue weighted by molar-refractivity contribution is -0.141. The average Bonchev–Trinajstić information content (AvgIpc) is 3.13. The molecule has 0 radical (unpaired) electrons. The van der Waals surface area contributed by atoms with Gasteiger partial charge in [-0.05, 0) is 36.2 Å². The van der Waals surface area contributed by atoms with Crippen LogP contribution in [-0.2, 0) is 24.4 Å². The lowest BCUT2D eigenvalue weighted by Gasteiger charge is -2.18. The Morgan fingerprint density at radius 3 is 2.41 bits per heavy atom. The number of carboxylic acids is 1. The Bertz CT molecular complexity index is 1520. The summed E-state index contributed by atoms with van der Waals surface area (Å²) in [6, 6.07) is 9.20. The summed E-state index contributed by atoms with van der Waals surface area (Å²) in [4.78, 5) is 29.1. The molecule has 192 valence electrons. The summed E-state index contributed by atoms with van der Waals surface area (Å²) >= 11 is 12.1. The van der Waals surface area contributed by atoms with Gasteiger partial charge in [0, 0.05) is 36.3 Å². The summed E-state index contributed by atoms with van der Waals surface area (Å²) in [5.41, 5.74) is 0.0805. The van der Waals surface area contributed by atoms with E-state index in [1.54, 1.807) is 18.2 Å². The molecule has 12 heteroatoms. The number of aliphatic carboxylic acids is 1. The molecule has 2 aromatic heterocycles. The number of rotatable bonds is 6. The monoisotopic (exact) mass is 550 g/mol. The summed E-state index contributed by atoms with van der Waals surface area (Å²) in [7, 11) is 1.42. The highest BCUT2D eigenvalue weighted by atomic mass is 35.5. The summed E-state index contributed by atoms with van der Waals surface area (Å²) in [6.45, 7) is 1.53. The normalized spacial score (nSPS) is 12.5. The first kappa shape index (κ1) is 26.4. The smallest absolute Gasteiger partial charge is 0.435 e. The fourth-order valence-electron chi connectivity index (χ4n) is 4.11. The van der Waals surface area contributed by atoms with Gasteiger partial charge in [0.05, 0.1) is 21.1 Å². The first-order chi connectivity index (χ1) is 17.4. The van der Waals surface area contributed by atoms with Crippen molar-refractivity contribution in [3.63, 3.8) is 0 Å². The number of fused-ring (bicyclic) bond motifs is 1. The maximum atomic E-state index is 13.8. The van der Waals surface area contributed by atoms with Crippen LogP contribution in [0, 0.1) is 6.92 Å². The van der Waals surface area contributed by atoms with E-state index in [0.29, 0.717) is 22.2 Å². The maximum absolute atomic E-state index is 13.8. The Kier molecular flexibility index (Phi) is 7.16. The van der Waals surface area contributed by atoms with Gasteiger partial charge < -0.3 is 10.4 Å². The summed E-state index contributed by atoms with van der Waals surface area (Å²) in [6.07, 6.45) is -3.43. The molecule has 1 atom stereocenters. The van der Waals surface area contributed by atoms with Crippen LogP contribution >= 0.6 is 23.2 Å². The molecule has 4 rings (SSSR count). The van der Waals surface area contributed by atoms with Crippen LogP contribution in [0.25, 0.3) is 22.0 Å². The molecule has 0 aliphatic rings. The van der Waals surface area contributed by atoms with E-state index in [-0.39, 0.29) is 33.2 Å². The lowest BCUT2D eigenvalue weighted by atomic mass is 9.94. The molecular formula is C25H19Cl2F3N4O3.